The second-order valence-corrected chi connectivity index (χ2v) is 20.2. The molecule has 0 aromatic carbocycles. The predicted octanol–water partition coefficient (Wildman–Crippen LogP) is 21.2. The molecule has 0 aromatic heterocycles. The number of esters is 3. The lowest BCUT2D eigenvalue weighted by molar-refractivity contribution is -0.167. The van der Waals surface area contributed by atoms with Crippen LogP contribution in [0.2, 0.25) is 0 Å². The average molecular weight is 1040 g/mol. The van der Waals surface area contributed by atoms with Crippen molar-refractivity contribution in [1.29, 1.82) is 0 Å². The van der Waals surface area contributed by atoms with Crippen molar-refractivity contribution in [1.82, 2.24) is 0 Å². The molecule has 426 valence electrons. The van der Waals surface area contributed by atoms with Crippen molar-refractivity contribution in [3.8, 4) is 0 Å². The van der Waals surface area contributed by atoms with Gasteiger partial charge in [0.1, 0.15) is 13.2 Å². The van der Waals surface area contributed by atoms with Crippen LogP contribution in [0.25, 0.3) is 0 Å². The lowest BCUT2D eigenvalue weighted by Gasteiger charge is -2.18. The van der Waals surface area contributed by atoms with E-state index in [1.54, 1.807) is 0 Å². The zero-order chi connectivity index (χ0) is 54.3. The minimum absolute atomic E-state index is 0.113. The number of ether oxygens (including phenoxy) is 3. The molecular formula is C69H114O6. The van der Waals surface area contributed by atoms with E-state index in [1.165, 1.54) is 128 Å². The van der Waals surface area contributed by atoms with Crippen LogP contribution in [0.15, 0.2) is 122 Å². The van der Waals surface area contributed by atoms with Gasteiger partial charge in [0.15, 0.2) is 6.10 Å². The van der Waals surface area contributed by atoms with Crippen molar-refractivity contribution in [3.63, 3.8) is 0 Å². The Morgan fingerprint density at radius 2 is 0.533 bits per heavy atom. The lowest BCUT2D eigenvalue weighted by Crippen LogP contribution is -2.30. The summed E-state index contributed by atoms with van der Waals surface area (Å²) < 4.78 is 16.8. The summed E-state index contributed by atoms with van der Waals surface area (Å²) >= 11 is 0. The molecule has 0 aliphatic carbocycles. The van der Waals surface area contributed by atoms with Crippen LogP contribution in [-0.4, -0.2) is 37.2 Å². The number of hydrogen-bond donors (Lipinski definition) is 0. The highest BCUT2D eigenvalue weighted by molar-refractivity contribution is 5.71. The van der Waals surface area contributed by atoms with Crippen LogP contribution < -0.4 is 0 Å². The maximum atomic E-state index is 12.9. The van der Waals surface area contributed by atoms with E-state index in [4.69, 9.17) is 14.2 Å². The third-order valence-electron chi connectivity index (χ3n) is 12.9. The normalized spacial score (nSPS) is 12.9. The van der Waals surface area contributed by atoms with Gasteiger partial charge in [-0.05, 0) is 128 Å². The highest BCUT2D eigenvalue weighted by Gasteiger charge is 2.19. The van der Waals surface area contributed by atoms with Gasteiger partial charge in [-0.15, -0.1) is 0 Å². The Hall–Kier alpha value is -4.19. The van der Waals surface area contributed by atoms with E-state index < -0.39 is 6.10 Å². The first kappa shape index (κ1) is 70.8. The van der Waals surface area contributed by atoms with Gasteiger partial charge in [0.2, 0.25) is 0 Å². The molecule has 0 unspecified atom stereocenters. The Morgan fingerprint density at radius 1 is 0.280 bits per heavy atom. The molecule has 0 saturated heterocycles. The van der Waals surface area contributed by atoms with E-state index in [2.05, 4.69) is 142 Å². The van der Waals surface area contributed by atoms with Gasteiger partial charge in [-0.3, -0.25) is 14.4 Å². The van der Waals surface area contributed by atoms with E-state index in [1.807, 2.05) is 0 Å². The summed E-state index contributed by atoms with van der Waals surface area (Å²) in [7, 11) is 0. The van der Waals surface area contributed by atoms with Gasteiger partial charge in [-0.25, -0.2) is 0 Å². The Kier molecular flexibility index (Phi) is 58.9. The standard InChI is InChI=1S/C69H114O6/c1-4-7-10-13-16-19-22-25-28-31-33-34-36-39-41-44-47-50-53-56-59-62-68(71)74-65-66(75-69(72)63-60-57-54-51-48-45-42-37-30-27-24-21-18-15-12-9-6-3)64-73-67(70)61-58-55-52-49-46-43-40-38-35-32-29-26-23-20-17-14-11-8-5-2/h8,11,17-18,20-21,25-30,35,38,42-43,45-46,51,54,66H,4-7,9-10,12-16,19,22-24,31-34,36-37,39-41,44,47-50,52-53,55-65H2,1-3H3/b11-8-,20-17-,21-18-,28-25-,29-26-,30-27-,38-35-,45-42-,46-43-,54-51-/t66-/m1/s1. The second kappa shape index (κ2) is 62.4. The Labute approximate surface area is 462 Å². The Balaban J connectivity index is 4.50. The van der Waals surface area contributed by atoms with E-state index in [-0.39, 0.29) is 37.5 Å². The summed E-state index contributed by atoms with van der Waals surface area (Å²) in [5, 5.41) is 0. The van der Waals surface area contributed by atoms with Crippen molar-refractivity contribution < 1.29 is 28.6 Å². The van der Waals surface area contributed by atoms with Crippen molar-refractivity contribution in [2.75, 3.05) is 13.2 Å². The maximum Gasteiger partial charge on any atom is 0.306 e. The molecule has 0 bridgehead atoms. The Bertz CT molecular complexity index is 1570. The largest absolute Gasteiger partial charge is 0.462 e. The number of carbonyl (C=O) groups is 3. The SMILES string of the molecule is CC/C=C\C/C=C\C/C=C\C/C=C\C/C=C\CCCCCC(=O)OC[C@H](COC(=O)CCCCCCCCCCCCC/C=C\CCCCCCCC)OC(=O)CCC/C=C\C/C=C\C/C=C\C/C=C\CCCCC. The maximum absolute atomic E-state index is 12.9. The van der Waals surface area contributed by atoms with Gasteiger partial charge in [0, 0.05) is 19.3 Å². The molecule has 0 saturated carbocycles. The first-order valence-corrected chi connectivity index (χ1v) is 31.0. The molecule has 0 aliphatic rings. The smallest absolute Gasteiger partial charge is 0.306 e. The first-order valence-electron chi connectivity index (χ1n) is 31.0. The molecule has 0 amide bonds. The van der Waals surface area contributed by atoms with Crippen LogP contribution in [0.5, 0.6) is 0 Å². The van der Waals surface area contributed by atoms with Crippen LogP contribution in [0, 0.1) is 0 Å². The van der Waals surface area contributed by atoms with E-state index in [0.29, 0.717) is 19.3 Å². The van der Waals surface area contributed by atoms with Crippen LogP contribution in [0.4, 0.5) is 0 Å². The fourth-order valence-corrected chi connectivity index (χ4v) is 8.28. The molecule has 0 heterocycles. The van der Waals surface area contributed by atoms with Crippen LogP contribution in [0.3, 0.4) is 0 Å². The second-order valence-electron chi connectivity index (χ2n) is 20.2. The third kappa shape index (κ3) is 60.6. The molecule has 75 heavy (non-hydrogen) atoms. The molecule has 0 aliphatic heterocycles. The van der Waals surface area contributed by atoms with Gasteiger partial charge >= 0.3 is 17.9 Å². The highest BCUT2D eigenvalue weighted by Crippen LogP contribution is 2.15. The minimum Gasteiger partial charge on any atom is -0.462 e. The molecule has 6 nitrogen and oxygen atoms in total. The summed E-state index contributed by atoms with van der Waals surface area (Å²) in [4.78, 5) is 38.3. The third-order valence-corrected chi connectivity index (χ3v) is 12.9. The van der Waals surface area contributed by atoms with Crippen molar-refractivity contribution in [3.05, 3.63) is 122 Å². The monoisotopic (exact) mass is 1040 g/mol. The predicted molar refractivity (Wildman–Crippen MR) is 325 cm³/mol. The van der Waals surface area contributed by atoms with Gasteiger partial charge in [-0.2, -0.15) is 0 Å². The van der Waals surface area contributed by atoms with Crippen molar-refractivity contribution >= 4 is 17.9 Å². The van der Waals surface area contributed by atoms with Crippen LogP contribution in [0.1, 0.15) is 278 Å². The van der Waals surface area contributed by atoms with Crippen LogP contribution >= 0.6 is 0 Å². The molecule has 0 spiro atoms. The van der Waals surface area contributed by atoms with Gasteiger partial charge in [0.25, 0.3) is 0 Å². The number of carbonyl (C=O) groups excluding carboxylic acids is 3. The minimum atomic E-state index is -0.825. The quantitative estimate of drug-likeness (QED) is 0.0261. The number of allylic oxidation sites excluding steroid dienone is 20. The van der Waals surface area contributed by atoms with Crippen molar-refractivity contribution in [2.24, 2.45) is 0 Å². The number of hydrogen-bond acceptors (Lipinski definition) is 6. The molecule has 0 fully saturated rings. The molecule has 0 rings (SSSR count). The van der Waals surface area contributed by atoms with Crippen LogP contribution in [-0.2, 0) is 28.6 Å². The summed E-state index contributed by atoms with van der Waals surface area (Å²) in [6.45, 7) is 6.43. The summed E-state index contributed by atoms with van der Waals surface area (Å²) in [6.07, 6.45) is 86.3. The molecular weight excluding hydrogens is 925 g/mol. The molecule has 0 aromatic rings. The number of rotatable bonds is 55. The lowest BCUT2D eigenvalue weighted by atomic mass is 10.0. The zero-order valence-corrected chi connectivity index (χ0v) is 48.8. The van der Waals surface area contributed by atoms with E-state index in [0.717, 1.165) is 103 Å². The van der Waals surface area contributed by atoms with Gasteiger partial charge < -0.3 is 14.2 Å². The van der Waals surface area contributed by atoms with E-state index >= 15 is 0 Å². The molecule has 0 N–H and O–H groups in total. The fourth-order valence-electron chi connectivity index (χ4n) is 8.28. The number of unbranched alkanes of at least 4 members (excludes halogenated alkanes) is 24. The molecule has 6 heteroatoms. The van der Waals surface area contributed by atoms with E-state index in [9.17, 15) is 14.4 Å². The average Bonchev–Trinajstić information content (AvgIpc) is 3.41. The van der Waals surface area contributed by atoms with Gasteiger partial charge in [0.05, 0.1) is 0 Å². The molecule has 0 radical (unpaired) electrons. The Morgan fingerprint density at radius 3 is 0.907 bits per heavy atom. The summed E-state index contributed by atoms with van der Waals surface area (Å²) in [6, 6.07) is 0. The first-order chi connectivity index (χ1) is 37.0. The van der Waals surface area contributed by atoms with Gasteiger partial charge in [-0.1, -0.05) is 251 Å². The summed E-state index contributed by atoms with van der Waals surface area (Å²) in [5.41, 5.74) is 0. The highest BCUT2D eigenvalue weighted by atomic mass is 16.6. The fraction of sp³-hybridized carbons (Fsp3) is 0.667. The summed E-state index contributed by atoms with van der Waals surface area (Å²) in [5.74, 6) is -1.00. The van der Waals surface area contributed by atoms with Crippen molar-refractivity contribution in [2.45, 2.75) is 284 Å². The topological polar surface area (TPSA) is 78.9 Å². The zero-order valence-electron chi connectivity index (χ0n) is 48.8. The molecule has 1 atom stereocenters.